The summed E-state index contributed by atoms with van der Waals surface area (Å²) in [6.07, 6.45) is 4.43. The maximum atomic E-state index is 14.1. The predicted octanol–water partition coefficient (Wildman–Crippen LogP) is 1.81. The molecule has 0 saturated heterocycles. The molecular formula is C11H11FN4O. The molecule has 2 heterocycles. The minimum atomic E-state index is -0.531. The lowest BCUT2D eigenvalue weighted by atomic mass is 10.2. The molecule has 17 heavy (non-hydrogen) atoms. The average Bonchev–Trinajstić information content (AvgIpc) is 2.83. The summed E-state index contributed by atoms with van der Waals surface area (Å²) < 4.78 is 20.5. The molecule has 0 bridgehead atoms. The van der Waals surface area contributed by atoms with Gasteiger partial charge < -0.3 is 4.74 Å². The summed E-state index contributed by atoms with van der Waals surface area (Å²) in [5.74, 6) is -0.189. The number of nitrogens with zero attached hydrogens (tertiary/aromatic N) is 4. The molecule has 0 saturated carbocycles. The summed E-state index contributed by atoms with van der Waals surface area (Å²) >= 11 is 0. The Morgan fingerprint density at radius 1 is 1.53 bits per heavy atom. The molecule has 88 valence electrons. The van der Waals surface area contributed by atoms with Crippen molar-refractivity contribution in [3.05, 3.63) is 42.6 Å². The van der Waals surface area contributed by atoms with E-state index in [1.165, 1.54) is 29.3 Å². The van der Waals surface area contributed by atoms with Gasteiger partial charge in [-0.3, -0.25) is 0 Å². The first-order chi connectivity index (χ1) is 8.24. The van der Waals surface area contributed by atoms with Crippen molar-refractivity contribution >= 4 is 5.76 Å². The normalized spacial score (nSPS) is 10.2. The van der Waals surface area contributed by atoms with Gasteiger partial charge in [-0.05, 0) is 13.0 Å². The fourth-order valence-electron chi connectivity index (χ4n) is 1.38. The summed E-state index contributed by atoms with van der Waals surface area (Å²) in [5, 5.41) is 7.29. The van der Waals surface area contributed by atoms with Gasteiger partial charge in [0, 0.05) is 6.20 Å². The zero-order valence-electron chi connectivity index (χ0n) is 9.30. The molecule has 6 heteroatoms. The van der Waals surface area contributed by atoms with Gasteiger partial charge in [-0.2, -0.15) is 4.68 Å². The fourth-order valence-corrected chi connectivity index (χ4v) is 1.38. The smallest absolute Gasteiger partial charge is 0.191 e. The van der Waals surface area contributed by atoms with Crippen LogP contribution < -0.4 is 0 Å². The summed E-state index contributed by atoms with van der Waals surface area (Å²) in [6.45, 7) is 5.90. The van der Waals surface area contributed by atoms with Crippen LogP contribution in [0.4, 0.5) is 4.39 Å². The third-order valence-electron chi connectivity index (χ3n) is 2.13. The molecule has 2 aromatic heterocycles. The van der Waals surface area contributed by atoms with Crippen molar-refractivity contribution in [1.82, 2.24) is 20.0 Å². The van der Waals surface area contributed by atoms with Crippen LogP contribution in [0.2, 0.25) is 0 Å². The van der Waals surface area contributed by atoms with E-state index in [0.717, 1.165) is 0 Å². The van der Waals surface area contributed by atoms with Crippen molar-refractivity contribution < 1.29 is 9.13 Å². The topological polar surface area (TPSA) is 52.8 Å². The molecule has 5 nitrogen and oxygen atoms in total. The Morgan fingerprint density at radius 2 is 2.35 bits per heavy atom. The van der Waals surface area contributed by atoms with Crippen molar-refractivity contribution in [2.45, 2.75) is 6.92 Å². The van der Waals surface area contributed by atoms with Crippen LogP contribution in [0.25, 0.3) is 11.6 Å². The molecule has 0 amide bonds. The molecule has 0 unspecified atom stereocenters. The molecule has 0 radical (unpaired) electrons. The molecule has 0 aliphatic heterocycles. The predicted molar refractivity (Wildman–Crippen MR) is 59.8 cm³/mol. The van der Waals surface area contributed by atoms with Gasteiger partial charge in [-0.25, -0.2) is 9.37 Å². The molecule has 2 rings (SSSR count). The number of ether oxygens (including phenoxy) is 1. The van der Waals surface area contributed by atoms with Gasteiger partial charge >= 0.3 is 0 Å². The number of hydrogen-bond acceptors (Lipinski definition) is 4. The molecule has 2 aromatic rings. The summed E-state index contributed by atoms with van der Waals surface area (Å²) in [6, 6.07) is 1.51. The Balaban J connectivity index is 2.44. The second kappa shape index (κ2) is 4.73. The number of pyridine rings is 1. The lowest BCUT2D eigenvalue weighted by Crippen LogP contribution is -2.05. The van der Waals surface area contributed by atoms with Crippen molar-refractivity contribution in [3.8, 4) is 5.82 Å². The van der Waals surface area contributed by atoms with Crippen molar-refractivity contribution in [2.75, 3.05) is 6.61 Å². The molecule has 0 atom stereocenters. The van der Waals surface area contributed by atoms with E-state index in [9.17, 15) is 4.39 Å². The number of aromatic nitrogens is 4. The number of halogens is 1. The Morgan fingerprint density at radius 3 is 3.00 bits per heavy atom. The van der Waals surface area contributed by atoms with Gasteiger partial charge in [0.2, 0.25) is 0 Å². The Bertz CT molecular complexity index is 524. The largest absolute Gasteiger partial charge is 0.494 e. The maximum absolute atomic E-state index is 14.1. The van der Waals surface area contributed by atoms with Crippen molar-refractivity contribution in [1.29, 1.82) is 0 Å². The quantitative estimate of drug-likeness (QED) is 0.757. The van der Waals surface area contributed by atoms with Crippen LogP contribution in [-0.4, -0.2) is 26.6 Å². The van der Waals surface area contributed by atoms with E-state index in [1.807, 2.05) is 6.92 Å². The fraction of sp³-hybridized carbons (Fsp3) is 0.182. The molecule has 0 spiro atoms. The Labute approximate surface area is 97.6 Å². The van der Waals surface area contributed by atoms with E-state index in [1.54, 1.807) is 0 Å². The second-order valence-electron chi connectivity index (χ2n) is 3.20. The molecule has 0 aliphatic rings. The highest BCUT2D eigenvalue weighted by molar-refractivity contribution is 5.59. The van der Waals surface area contributed by atoms with E-state index in [2.05, 4.69) is 21.9 Å². The zero-order valence-corrected chi connectivity index (χ0v) is 9.30. The van der Waals surface area contributed by atoms with Gasteiger partial charge in [0.05, 0.1) is 24.6 Å². The van der Waals surface area contributed by atoms with Crippen LogP contribution in [0.5, 0.6) is 0 Å². The number of hydrogen-bond donors (Lipinski definition) is 0. The minimum Gasteiger partial charge on any atom is -0.494 e. The van der Waals surface area contributed by atoms with E-state index in [0.29, 0.717) is 6.61 Å². The Hall–Kier alpha value is -2.24. The molecule has 0 fully saturated rings. The SMILES string of the molecule is C=C(OCC)c1ccnc(-n2ccnn2)c1F. The average molecular weight is 234 g/mol. The molecule has 0 aromatic carbocycles. The lowest BCUT2D eigenvalue weighted by Gasteiger charge is -2.09. The Kier molecular flexibility index (Phi) is 3.13. The highest BCUT2D eigenvalue weighted by Crippen LogP contribution is 2.20. The molecular weight excluding hydrogens is 223 g/mol. The van der Waals surface area contributed by atoms with Gasteiger partial charge in [0.25, 0.3) is 0 Å². The third kappa shape index (κ3) is 2.15. The van der Waals surface area contributed by atoms with E-state index >= 15 is 0 Å². The monoisotopic (exact) mass is 234 g/mol. The maximum Gasteiger partial charge on any atom is 0.191 e. The molecule has 0 aliphatic carbocycles. The van der Waals surface area contributed by atoms with Gasteiger partial charge in [0.15, 0.2) is 11.6 Å². The summed E-state index contributed by atoms with van der Waals surface area (Å²) in [4.78, 5) is 3.91. The lowest BCUT2D eigenvalue weighted by molar-refractivity contribution is 0.297. The first-order valence-electron chi connectivity index (χ1n) is 5.07. The highest BCUT2D eigenvalue weighted by atomic mass is 19.1. The van der Waals surface area contributed by atoms with Crippen LogP contribution in [0, 0.1) is 5.82 Å². The van der Waals surface area contributed by atoms with Crippen LogP contribution in [-0.2, 0) is 4.74 Å². The van der Waals surface area contributed by atoms with Gasteiger partial charge in [-0.15, -0.1) is 5.10 Å². The van der Waals surface area contributed by atoms with Crippen LogP contribution in [0.15, 0.2) is 31.2 Å². The first kappa shape index (κ1) is 11.3. The van der Waals surface area contributed by atoms with Crippen LogP contribution >= 0.6 is 0 Å². The molecule has 0 N–H and O–H groups in total. The minimum absolute atomic E-state index is 0.0702. The highest BCUT2D eigenvalue weighted by Gasteiger charge is 2.14. The summed E-state index contributed by atoms with van der Waals surface area (Å²) in [7, 11) is 0. The summed E-state index contributed by atoms with van der Waals surface area (Å²) in [5.41, 5.74) is 0.271. The van der Waals surface area contributed by atoms with Crippen LogP contribution in [0.3, 0.4) is 0 Å². The van der Waals surface area contributed by atoms with E-state index < -0.39 is 5.82 Å². The van der Waals surface area contributed by atoms with Crippen LogP contribution in [0.1, 0.15) is 12.5 Å². The zero-order chi connectivity index (χ0) is 12.3. The van der Waals surface area contributed by atoms with E-state index in [4.69, 9.17) is 4.74 Å². The van der Waals surface area contributed by atoms with Crippen molar-refractivity contribution in [2.24, 2.45) is 0 Å². The third-order valence-corrected chi connectivity index (χ3v) is 2.13. The number of rotatable bonds is 4. The first-order valence-corrected chi connectivity index (χ1v) is 5.07. The van der Waals surface area contributed by atoms with Gasteiger partial charge in [0.1, 0.15) is 5.76 Å². The van der Waals surface area contributed by atoms with E-state index in [-0.39, 0.29) is 17.1 Å². The second-order valence-corrected chi connectivity index (χ2v) is 3.20. The van der Waals surface area contributed by atoms with Crippen molar-refractivity contribution in [3.63, 3.8) is 0 Å². The standard InChI is InChI=1S/C11H11FN4O/c1-3-17-8(2)9-4-5-13-11(10(9)12)16-7-6-14-15-16/h4-7H,2-3H2,1H3. The van der Waals surface area contributed by atoms with Gasteiger partial charge in [-0.1, -0.05) is 11.8 Å².